The molecule has 0 aliphatic carbocycles. The van der Waals surface area contributed by atoms with E-state index in [9.17, 15) is 14.7 Å². The summed E-state index contributed by atoms with van der Waals surface area (Å²) in [5.74, 6) is 0.168. The molecule has 1 aromatic carbocycles. The predicted octanol–water partition coefficient (Wildman–Crippen LogP) is 4.07. The van der Waals surface area contributed by atoms with E-state index in [2.05, 4.69) is 40.2 Å². The van der Waals surface area contributed by atoms with Crippen LogP contribution in [0.5, 0.6) is 0 Å². The molecular weight excluding hydrogens is 416 g/mol. The van der Waals surface area contributed by atoms with E-state index >= 15 is 0 Å². The quantitative estimate of drug-likeness (QED) is 0.585. The monoisotopic (exact) mass is 452 g/mol. The highest BCUT2D eigenvalue weighted by molar-refractivity contribution is 5.96. The predicted molar refractivity (Wildman–Crippen MR) is 129 cm³/mol. The highest BCUT2D eigenvalue weighted by Gasteiger charge is 2.26. The number of carboxylic acids is 1. The standard InChI is InChI=1S/C26H36N4O3/c1-4-8-23-22(25(33)30(17-19(2)3)18-24(31)32)16-27-26(28-23)29-13-11-21(12-14-29)15-20-9-6-5-7-10-20/h5-7,9-10,16,19,21H,4,8,11-15,17-18H2,1-3H3,(H,31,32). The number of piperidine rings is 1. The second kappa shape index (κ2) is 11.8. The molecule has 0 radical (unpaired) electrons. The van der Waals surface area contributed by atoms with Gasteiger partial charge in [0.1, 0.15) is 6.54 Å². The Bertz CT molecular complexity index is 924. The van der Waals surface area contributed by atoms with E-state index in [4.69, 9.17) is 4.98 Å². The number of carbonyl (C=O) groups excluding carboxylic acids is 1. The Hall–Kier alpha value is -2.96. The van der Waals surface area contributed by atoms with E-state index in [1.54, 1.807) is 6.20 Å². The molecule has 0 spiro atoms. The third-order valence-electron chi connectivity index (χ3n) is 6.04. The first-order chi connectivity index (χ1) is 15.9. The van der Waals surface area contributed by atoms with Crippen molar-refractivity contribution in [3.05, 3.63) is 53.3 Å². The molecular formula is C26H36N4O3. The van der Waals surface area contributed by atoms with Crippen LogP contribution in [-0.4, -0.2) is 58.0 Å². The first kappa shape index (κ1) is 24.7. The number of aryl methyl sites for hydroxylation is 1. The van der Waals surface area contributed by atoms with Crippen LogP contribution in [0.2, 0.25) is 0 Å². The molecule has 1 fully saturated rings. The van der Waals surface area contributed by atoms with Gasteiger partial charge in [-0.25, -0.2) is 9.97 Å². The lowest BCUT2D eigenvalue weighted by atomic mass is 9.90. The van der Waals surface area contributed by atoms with Gasteiger partial charge in [-0.15, -0.1) is 0 Å². The minimum absolute atomic E-state index is 0.167. The van der Waals surface area contributed by atoms with E-state index < -0.39 is 5.97 Å². The van der Waals surface area contributed by atoms with E-state index in [0.717, 1.165) is 38.8 Å². The highest BCUT2D eigenvalue weighted by atomic mass is 16.4. The Morgan fingerprint density at radius 3 is 2.48 bits per heavy atom. The lowest BCUT2D eigenvalue weighted by molar-refractivity contribution is -0.137. The second-order valence-corrected chi connectivity index (χ2v) is 9.37. The fourth-order valence-electron chi connectivity index (χ4n) is 4.44. The molecule has 1 saturated heterocycles. The number of carbonyl (C=O) groups is 2. The number of carboxylic acid groups (broad SMARTS) is 1. The maximum absolute atomic E-state index is 13.2. The van der Waals surface area contributed by atoms with Gasteiger partial charge in [-0.1, -0.05) is 57.5 Å². The van der Waals surface area contributed by atoms with Crippen molar-refractivity contribution in [2.45, 2.75) is 52.9 Å². The van der Waals surface area contributed by atoms with Gasteiger partial charge in [0.05, 0.1) is 11.3 Å². The van der Waals surface area contributed by atoms with Crippen LogP contribution in [0, 0.1) is 11.8 Å². The second-order valence-electron chi connectivity index (χ2n) is 9.37. The summed E-state index contributed by atoms with van der Waals surface area (Å²) >= 11 is 0. The summed E-state index contributed by atoms with van der Waals surface area (Å²) in [6.45, 7) is 7.84. The molecule has 1 aliphatic rings. The Morgan fingerprint density at radius 2 is 1.88 bits per heavy atom. The fraction of sp³-hybridized carbons (Fsp3) is 0.538. The van der Waals surface area contributed by atoms with Gasteiger partial charge in [-0.3, -0.25) is 9.59 Å². The zero-order valence-corrected chi connectivity index (χ0v) is 20.0. The minimum atomic E-state index is -1.02. The maximum atomic E-state index is 13.2. The summed E-state index contributed by atoms with van der Waals surface area (Å²) in [4.78, 5) is 37.4. The van der Waals surface area contributed by atoms with E-state index in [-0.39, 0.29) is 18.4 Å². The number of aromatic nitrogens is 2. The van der Waals surface area contributed by atoms with Crippen LogP contribution in [0.3, 0.4) is 0 Å². The van der Waals surface area contributed by atoms with Crippen molar-refractivity contribution >= 4 is 17.8 Å². The van der Waals surface area contributed by atoms with Crippen molar-refractivity contribution in [1.29, 1.82) is 0 Å². The third kappa shape index (κ3) is 7.01. The number of aliphatic carboxylic acids is 1. The molecule has 1 aliphatic heterocycles. The number of nitrogens with zero attached hydrogens (tertiary/aromatic N) is 4. The molecule has 2 aromatic rings. The summed E-state index contributed by atoms with van der Waals surface area (Å²) in [7, 11) is 0. The molecule has 33 heavy (non-hydrogen) atoms. The van der Waals surface area contributed by atoms with Crippen molar-refractivity contribution in [2.24, 2.45) is 11.8 Å². The molecule has 178 valence electrons. The number of benzene rings is 1. The van der Waals surface area contributed by atoms with Gasteiger partial charge in [-0.2, -0.15) is 0 Å². The Morgan fingerprint density at radius 1 is 1.18 bits per heavy atom. The van der Waals surface area contributed by atoms with Crippen LogP contribution in [0.25, 0.3) is 0 Å². The van der Waals surface area contributed by atoms with Crippen LogP contribution >= 0.6 is 0 Å². The van der Waals surface area contributed by atoms with Crippen LogP contribution in [0.4, 0.5) is 5.95 Å². The van der Waals surface area contributed by atoms with Gasteiger partial charge < -0.3 is 14.9 Å². The molecule has 7 nitrogen and oxygen atoms in total. The SMILES string of the molecule is CCCc1nc(N2CCC(Cc3ccccc3)CC2)ncc1C(=O)N(CC(=O)O)CC(C)C. The number of amides is 1. The Labute approximate surface area is 196 Å². The van der Waals surface area contributed by atoms with Crippen molar-refractivity contribution in [3.8, 4) is 0 Å². The zero-order valence-electron chi connectivity index (χ0n) is 20.0. The molecule has 0 bridgehead atoms. The summed E-state index contributed by atoms with van der Waals surface area (Å²) in [6.07, 6.45) is 6.37. The first-order valence-electron chi connectivity index (χ1n) is 12.0. The third-order valence-corrected chi connectivity index (χ3v) is 6.04. The van der Waals surface area contributed by atoms with Gasteiger partial charge in [0.25, 0.3) is 5.91 Å². The molecule has 2 heterocycles. The fourth-order valence-corrected chi connectivity index (χ4v) is 4.44. The summed E-state index contributed by atoms with van der Waals surface area (Å²) in [5, 5.41) is 9.26. The number of anilines is 1. The molecule has 0 saturated carbocycles. The number of hydrogen-bond donors (Lipinski definition) is 1. The molecule has 1 N–H and O–H groups in total. The van der Waals surface area contributed by atoms with E-state index in [1.807, 2.05) is 20.8 Å². The largest absolute Gasteiger partial charge is 0.480 e. The average Bonchev–Trinajstić information content (AvgIpc) is 2.79. The van der Waals surface area contributed by atoms with Crippen LogP contribution in [-0.2, 0) is 17.6 Å². The van der Waals surface area contributed by atoms with Gasteiger partial charge in [0.2, 0.25) is 5.95 Å². The molecule has 7 heteroatoms. The molecule has 0 atom stereocenters. The van der Waals surface area contributed by atoms with Gasteiger partial charge in [0.15, 0.2) is 0 Å². The maximum Gasteiger partial charge on any atom is 0.323 e. The zero-order chi connectivity index (χ0) is 23.8. The van der Waals surface area contributed by atoms with E-state index in [0.29, 0.717) is 36.1 Å². The van der Waals surface area contributed by atoms with Crippen molar-refractivity contribution in [2.75, 3.05) is 31.1 Å². The van der Waals surface area contributed by atoms with Crippen molar-refractivity contribution < 1.29 is 14.7 Å². The molecule has 1 aromatic heterocycles. The smallest absolute Gasteiger partial charge is 0.323 e. The normalized spacial score (nSPS) is 14.5. The highest BCUT2D eigenvalue weighted by Crippen LogP contribution is 2.25. The van der Waals surface area contributed by atoms with Crippen molar-refractivity contribution in [1.82, 2.24) is 14.9 Å². The van der Waals surface area contributed by atoms with Gasteiger partial charge >= 0.3 is 5.97 Å². The topological polar surface area (TPSA) is 86.6 Å². The lowest BCUT2D eigenvalue weighted by Crippen LogP contribution is -2.39. The van der Waals surface area contributed by atoms with Crippen LogP contribution < -0.4 is 4.90 Å². The van der Waals surface area contributed by atoms with Crippen LogP contribution in [0.1, 0.15) is 61.6 Å². The molecule has 0 unspecified atom stereocenters. The first-order valence-corrected chi connectivity index (χ1v) is 12.0. The summed E-state index contributed by atoms with van der Waals surface area (Å²) in [5.41, 5.74) is 2.51. The Kier molecular flexibility index (Phi) is 8.80. The average molecular weight is 453 g/mol. The lowest BCUT2D eigenvalue weighted by Gasteiger charge is -2.32. The summed E-state index contributed by atoms with van der Waals surface area (Å²) in [6, 6.07) is 10.6. The molecule has 3 rings (SSSR count). The molecule has 1 amide bonds. The van der Waals surface area contributed by atoms with E-state index in [1.165, 1.54) is 10.5 Å². The summed E-state index contributed by atoms with van der Waals surface area (Å²) < 4.78 is 0. The van der Waals surface area contributed by atoms with Gasteiger partial charge in [0, 0.05) is 25.8 Å². The van der Waals surface area contributed by atoms with Gasteiger partial charge in [-0.05, 0) is 43.1 Å². The van der Waals surface area contributed by atoms with Crippen molar-refractivity contribution in [3.63, 3.8) is 0 Å². The number of hydrogen-bond acceptors (Lipinski definition) is 5. The number of rotatable bonds is 10. The minimum Gasteiger partial charge on any atom is -0.480 e. The van der Waals surface area contributed by atoms with Crippen LogP contribution in [0.15, 0.2) is 36.5 Å². The Balaban J connectivity index is 1.71.